The lowest BCUT2D eigenvalue weighted by Gasteiger charge is -2.46. The lowest BCUT2D eigenvalue weighted by Crippen LogP contribution is -2.62. The molecule has 0 aliphatic carbocycles. The van der Waals surface area contributed by atoms with E-state index in [0.29, 0.717) is 12.8 Å². The number of benzene rings is 1. The van der Waals surface area contributed by atoms with Crippen LogP contribution in [0.1, 0.15) is 263 Å². The van der Waals surface area contributed by atoms with Crippen LogP contribution in [0.3, 0.4) is 0 Å². The highest BCUT2D eigenvalue weighted by atomic mass is 16.8. The van der Waals surface area contributed by atoms with Gasteiger partial charge in [-0.3, -0.25) is 0 Å². The highest BCUT2D eigenvalue weighted by molar-refractivity contribution is 5.89. The van der Waals surface area contributed by atoms with Crippen molar-refractivity contribution >= 4 is 11.9 Å². The molecule has 0 aromatic heterocycles. The molecule has 4 aliphatic heterocycles. The summed E-state index contributed by atoms with van der Waals surface area (Å²) in [6.07, 6.45) is -0.341. The summed E-state index contributed by atoms with van der Waals surface area (Å²) in [5, 5.41) is 84.0. The fourth-order valence-corrected chi connectivity index (χ4v) is 11.6. The number of esters is 2. The number of unbranched alkanes of at least 4 members (excludes halogenated alkanes) is 16. The normalized spacial score (nSPS) is 19.8. The molecule has 1 aromatic rings. The molecule has 4 heterocycles. The van der Waals surface area contributed by atoms with Crippen molar-refractivity contribution in [1.82, 2.24) is 0 Å². The predicted molar refractivity (Wildman–Crippen MR) is 590 cm³/mol. The zero-order chi connectivity index (χ0) is 93.8. The van der Waals surface area contributed by atoms with Crippen LogP contribution in [0.5, 0.6) is 0 Å². The lowest BCUT2D eigenvalue weighted by molar-refractivity contribution is -0.363. The first-order chi connectivity index (χ1) is 63.5. The van der Waals surface area contributed by atoms with E-state index in [-0.39, 0.29) is 88.1 Å². The fraction of sp³-hybridized carbons (Fsp3) is 0.455. The van der Waals surface area contributed by atoms with Crippen molar-refractivity contribution in [2.24, 2.45) is 0 Å². The molecule has 0 bridgehead atoms. The van der Waals surface area contributed by atoms with Crippen LogP contribution in [-0.4, -0.2) is 183 Å². The Morgan fingerprint density at radius 2 is 0.800 bits per heavy atom. The summed E-state index contributed by atoms with van der Waals surface area (Å²) < 4.78 is 58.7. The molecule has 20 heteroatoms. The van der Waals surface area contributed by atoms with Gasteiger partial charge in [0.25, 0.3) is 0 Å². The molecular formula is C110H196O20. The van der Waals surface area contributed by atoms with Gasteiger partial charge in [-0.15, -0.1) is 23.7 Å². The van der Waals surface area contributed by atoms with E-state index in [4.69, 9.17) is 47.4 Å². The summed E-state index contributed by atoms with van der Waals surface area (Å²) in [5.41, 5.74) is 0.763. The number of aliphatic hydroxyl groups is 8. The Balaban J connectivity index is -0.0000000366. The first-order valence-corrected chi connectivity index (χ1v) is 42.3. The van der Waals surface area contributed by atoms with Crippen molar-refractivity contribution in [2.45, 2.75) is 293 Å². The lowest BCUT2D eigenvalue weighted by atomic mass is 9.97. The number of hydrogen-bond acceptors (Lipinski definition) is 20. The molecular weight excluding hydrogens is 1640 g/mol. The summed E-state index contributed by atoms with van der Waals surface area (Å²) in [4.78, 5) is 25.7. The Labute approximate surface area is 839 Å². The molecule has 11 unspecified atom stereocenters. The minimum Gasteiger partial charge on any atom is -0.447 e. The fourth-order valence-electron chi connectivity index (χ4n) is 11.6. The molecule has 0 radical (unpaired) electrons. The summed E-state index contributed by atoms with van der Waals surface area (Å²) in [5.74, 6) is 129. The molecule has 17 atom stereocenters. The molecule has 0 amide bonds. The molecule has 0 spiro atoms. The molecule has 20 nitrogen and oxygen atoms in total. The molecule has 4 saturated heterocycles. The summed E-state index contributed by atoms with van der Waals surface area (Å²) in [7, 11) is 0. The third-order valence-corrected chi connectivity index (χ3v) is 17.8. The molecule has 4 fully saturated rings. The van der Waals surface area contributed by atoms with Gasteiger partial charge < -0.3 is 88.2 Å². The van der Waals surface area contributed by atoms with Crippen LogP contribution in [0.15, 0.2) is 30.3 Å². The van der Waals surface area contributed by atoms with E-state index in [0.717, 1.165) is 89.0 Å². The summed E-state index contributed by atoms with van der Waals surface area (Å²) >= 11 is 0. The van der Waals surface area contributed by atoms with Crippen molar-refractivity contribution < 1.29 is 166 Å². The highest BCUT2D eigenvalue weighted by Crippen LogP contribution is 2.37. The third-order valence-electron chi connectivity index (χ3n) is 17.8. The van der Waals surface area contributed by atoms with Gasteiger partial charge >= 0.3 is 11.9 Å². The van der Waals surface area contributed by atoms with E-state index >= 15 is 0 Å². The smallest absolute Gasteiger partial charge is 0.385 e. The van der Waals surface area contributed by atoms with Gasteiger partial charge in [0.05, 0.1) is 38.6 Å². The predicted octanol–water partition coefficient (Wildman–Crippen LogP) is 18.0. The van der Waals surface area contributed by atoms with Crippen molar-refractivity contribution in [2.75, 3.05) is 26.4 Å². The van der Waals surface area contributed by atoms with Crippen molar-refractivity contribution in [3.8, 4) is 308 Å². The monoisotopic (exact) mass is 1840 g/mol. The second-order valence-corrected chi connectivity index (χ2v) is 28.1. The van der Waals surface area contributed by atoms with Crippen LogP contribution < -0.4 is 0 Å². The first-order valence-electron chi connectivity index (χ1n) is 42.3. The van der Waals surface area contributed by atoms with Gasteiger partial charge in [-0.05, 0) is 256 Å². The third kappa shape index (κ3) is 49.8. The number of fused-ring (bicyclic) bond motifs is 1. The standard InChI is InChI=1S/C60H54O10.C50H46O10.48H2/c1-5-7-9-11-13-15-17-19-20-21-22-23-24-25-26-27-28-29-31-33-35-37-42-46-53(61)66-51(56-50(69-60(3,4)70-56)45-41-36-34-32-30-18-16-14-12-10-8-6-2)47-65-59-55(63)54(62)57-52(67-59)48-64-58(68-57)49-43-39-38-40-44-49;1-3-5-7-9-11-13-15-17-18-19-20-21-22-23-24-25-26-27-29-31-33-35-37-39-45(53)59-44(41-58-50-49(57)48(56)47(55)43(40-51)60-50)46(54)42(52)38-36-34-32-30-28-16-14-12-10-8-6-4-2;;;;;;;;;;;;;;;;;;;;;;;;;;;;;;;;;;;;;;;;;;;;;;;;/h38-40,43-44,50-52,54-59,62-63H,6,8,10,12,14,30,32,34,36,41,45,47-48H2,1-4H3;42-44,46-52,54-57H,4,6,8,10,12,28,30,32,34,36,38,40-41H2,1-2H3;48*1H/t50-,51-,52?,54?,55?,56+,57?,58?,59?;42-,43?,44+,46-,47?,48?,49?,50?;;;;;;;;;;;;;;;;;;;;;;;;;;;;;;;;;;;;;;;;;;;;;;;;/m01................................................/s1. The minimum absolute atomic E-state index is 0. The van der Waals surface area contributed by atoms with Crippen LogP contribution in [0, 0.1) is 308 Å². The van der Waals surface area contributed by atoms with Crippen molar-refractivity contribution in [1.29, 1.82) is 0 Å². The Hall–Kier alpha value is -13.9. The van der Waals surface area contributed by atoms with Gasteiger partial charge in [-0.1, -0.05) is 133 Å². The maximum absolute atomic E-state index is 13.2. The maximum Gasteiger partial charge on any atom is 0.385 e. The van der Waals surface area contributed by atoms with E-state index in [2.05, 4.69) is 322 Å². The molecule has 8 N–H and O–H groups in total. The van der Waals surface area contributed by atoms with Gasteiger partial charge in [0.15, 0.2) is 36.9 Å². The average molecular weight is 1840 g/mol. The van der Waals surface area contributed by atoms with Gasteiger partial charge in [-0.25, -0.2) is 9.59 Å². The Morgan fingerprint density at radius 3 is 1.22 bits per heavy atom. The zero-order valence-electron chi connectivity index (χ0n) is 73.6. The van der Waals surface area contributed by atoms with Crippen molar-refractivity contribution in [3.05, 3.63) is 35.9 Å². The largest absolute Gasteiger partial charge is 0.447 e. The van der Waals surface area contributed by atoms with E-state index in [1.165, 1.54) is 38.5 Å². The molecule has 130 heavy (non-hydrogen) atoms. The number of hydrogen-bond donors (Lipinski definition) is 8. The molecule has 756 valence electrons. The molecule has 1 aromatic carbocycles. The highest BCUT2D eigenvalue weighted by Gasteiger charge is 2.52. The maximum atomic E-state index is 13.2. The SMILES string of the molecule is CC#CC#CC#CC#CC#CC#CC#CC#CC#CC#CC#CC#CC(=O)O[C@@H](COC1OC(CO)C(O)C(O)C1O)[C@H](O)[C@H](O)CCCCCCC#CCCCCCC.CC#CC#CC#CC#CC#CC#CC#CC#CC#CC#CC#CC#CC(=O)O[C@@H](COC1OC2COC(c3ccccc3)OC2C(O)C1O)[C@@H]1OC(C)(C)O[C@H]1CCCCCCC#CCCCCCC.[HH].[HH].[HH].[HH].[HH].[HH].[HH].[HH].[HH].[HH].[HH].[HH].[HH].[HH].[HH].[HH].[HH].[HH].[HH].[HH].[HH].[HH].[HH].[HH].[HH].[HH].[HH].[HH].[HH].[HH].[HH].[HH].[HH].[HH].[HH].[HH].[HH].[HH].[HH].[HH].[HH].[HH].[HH].[HH].[HH].[HH].[HH].[HH]. The second-order valence-electron chi connectivity index (χ2n) is 28.1. The van der Waals surface area contributed by atoms with E-state index in [1.54, 1.807) is 27.7 Å². The van der Waals surface area contributed by atoms with Crippen LogP contribution in [0.2, 0.25) is 0 Å². The Kier molecular flexibility index (Phi) is 59.3. The Morgan fingerprint density at radius 1 is 0.423 bits per heavy atom. The molecule has 5 rings (SSSR count). The number of carbonyl (C=O) groups is 2. The van der Waals surface area contributed by atoms with Gasteiger partial charge in [0.2, 0.25) is 0 Å². The molecule has 0 saturated carbocycles. The van der Waals surface area contributed by atoms with Crippen LogP contribution in [0.25, 0.3) is 0 Å². The zero-order valence-corrected chi connectivity index (χ0v) is 73.6. The number of ether oxygens (including phenoxy) is 10. The van der Waals surface area contributed by atoms with Crippen molar-refractivity contribution in [3.63, 3.8) is 0 Å². The first kappa shape index (κ1) is 108. The quantitative estimate of drug-likeness (QED) is 0.0140. The van der Waals surface area contributed by atoms with Crippen LogP contribution in [-0.2, 0) is 57.0 Å². The number of aliphatic hydroxyl groups excluding tert-OH is 8. The number of carbonyl (C=O) groups excluding carboxylic acids is 2. The Bertz CT molecular complexity index is 5880. The number of rotatable bonds is 33. The van der Waals surface area contributed by atoms with Crippen LogP contribution in [0.4, 0.5) is 0 Å². The van der Waals surface area contributed by atoms with E-state index in [9.17, 15) is 50.4 Å². The van der Waals surface area contributed by atoms with Gasteiger partial charge in [0, 0.05) is 183 Å². The topological polar surface area (TPSA) is 288 Å². The van der Waals surface area contributed by atoms with E-state index in [1.807, 2.05) is 30.3 Å². The van der Waals surface area contributed by atoms with Gasteiger partial charge in [0.1, 0.15) is 61.0 Å². The summed E-state index contributed by atoms with van der Waals surface area (Å²) in [6, 6.07) is 9.27. The summed E-state index contributed by atoms with van der Waals surface area (Å²) in [6.45, 7) is 9.78. The second kappa shape index (κ2) is 71.2. The van der Waals surface area contributed by atoms with Gasteiger partial charge in [-0.2, -0.15) is 0 Å². The molecule has 4 aliphatic rings. The van der Waals surface area contributed by atoms with Crippen LogP contribution >= 0.6 is 0 Å². The minimum atomic E-state index is -1.74. The average Bonchev–Trinajstić information content (AvgIpc) is 1.14. The van der Waals surface area contributed by atoms with E-state index < -0.39 is 135 Å².